The second-order valence-electron chi connectivity index (χ2n) is 4.80. The van der Waals surface area contributed by atoms with Crippen molar-refractivity contribution in [2.24, 2.45) is 0 Å². The molecule has 1 rings (SSSR count). The average Bonchev–Trinajstić information content (AvgIpc) is 2.38. The summed E-state index contributed by atoms with van der Waals surface area (Å²) in [4.78, 5) is -0.293. The number of hydrogen-bond acceptors (Lipinski definition) is 3. The molecule has 1 aromatic rings. The van der Waals surface area contributed by atoms with Gasteiger partial charge in [-0.3, -0.25) is 0 Å². The molecule has 0 bridgehead atoms. The predicted molar refractivity (Wildman–Crippen MR) is 79.4 cm³/mol. The van der Waals surface area contributed by atoms with Crippen LogP contribution in [0.2, 0.25) is 0 Å². The maximum atomic E-state index is 13.9. The topological polar surface area (TPSA) is 63.4 Å². The number of unbranched alkanes of at least 4 members (excludes halogenated alkanes) is 2. The molecule has 2 N–H and O–H groups in total. The molecule has 0 saturated carbocycles. The Bertz CT molecular complexity index is 524. The zero-order valence-corrected chi connectivity index (χ0v) is 12.9. The molecule has 0 aliphatic rings. The average molecular weight is 302 g/mol. The minimum absolute atomic E-state index is 0.218. The van der Waals surface area contributed by atoms with Crippen molar-refractivity contribution in [1.29, 1.82) is 0 Å². The molecule has 0 fully saturated rings. The van der Waals surface area contributed by atoms with Crippen LogP contribution in [0.3, 0.4) is 0 Å². The van der Waals surface area contributed by atoms with Crippen LogP contribution in [0.15, 0.2) is 23.1 Å². The van der Waals surface area contributed by atoms with Gasteiger partial charge in [0.15, 0.2) is 0 Å². The molecule has 0 aliphatic carbocycles. The summed E-state index contributed by atoms with van der Waals surface area (Å²) in [7, 11) is -3.79. The highest BCUT2D eigenvalue weighted by atomic mass is 32.2. The van der Waals surface area contributed by atoms with Crippen molar-refractivity contribution in [1.82, 2.24) is 4.31 Å². The Morgan fingerprint density at radius 2 is 1.70 bits per heavy atom. The van der Waals surface area contributed by atoms with Gasteiger partial charge in [-0.15, -0.1) is 0 Å². The van der Waals surface area contributed by atoms with Crippen LogP contribution in [0.1, 0.15) is 39.5 Å². The number of hydrogen-bond donors (Lipinski definition) is 1. The van der Waals surface area contributed by atoms with E-state index in [0.717, 1.165) is 31.7 Å². The number of benzene rings is 1. The van der Waals surface area contributed by atoms with E-state index in [-0.39, 0.29) is 10.6 Å². The molecule has 6 heteroatoms. The summed E-state index contributed by atoms with van der Waals surface area (Å²) in [6.45, 7) is 4.83. The van der Waals surface area contributed by atoms with Crippen LogP contribution in [0.4, 0.5) is 10.1 Å². The monoisotopic (exact) mass is 302 g/mol. The molecule has 0 spiro atoms. The van der Waals surface area contributed by atoms with E-state index in [2.05, 4.69) is 0 Å². The maximum Gasteiger partial charge on any atom is 0.245 e. The van der Waals surface area contributed by atoms with Crippen LogP contribution >= 0.6 is 0 Å². The van der Waals surface area contributed by atoms with E-state index in [1.807, 2.05) is 13.8 Å². The zero-order valence-electron chi connectivity index (χ0n) is 12.1. The quantitative estimate of drug-likeness (QED) is 0.751. The Hall–Kier alpha value is -1.14. The van der Waals surface area contributed by atoms with Gasteiger partial charge < -0.3 is 5.73 Å². The smallest absolute Gasteiger partial charge is 0.245 e. The van der Waals surface area contributed by atoms with E-state index < -0.39 is 15.8 Å². The van der Waals surface area contributed by atoms with E-state index in [4.69, 9.17) is 5.73 Å². The highest BCUT2D eigenvalue weighted by Crippen LogP contribution is 2.22. The molecule has 114 valence electrons. The molecule has 1 aromatic carbocycles. The normalized spacial score (nSPS) is 12.0. The molecule has 0 heterocycles. The largest absolute Gasteiger partial charge is 0.399 e. The molecule has 0 amide bonds. The van der Waals surface area contributed by atoms with Crippen LogP contribution in [0, 0.1) is 5.82 Å². The summed E-state index contributed by atoms with van der Waals surface area (Å²) in [6.07, 6.45) is 3.31. The lowest BCUT2D eigenvalue weighted by molar-refractivity contribution is 0.392. The van der Waals surface area contributed by atoms with Gasteiger partial charge in [0.05, 0.1) is 0 Å². The third kappa shape index (κ3) is 4.18. The molecule has 0 atom stereocenters. The Morgan fingerprint density at radius 3 is 2.15 bits per heavy atom. The first kappa shape index (κ1) is 16.9. The Kier molecular flexibility index (Phi) is 6.42. The molecular formula is C14H23FN2O2S. The first-order chi connectivity index (χ1) is 9.43. The second-order valence-corrected chi connectivity index (χ2v) is 6.71. The van der Waals surface area contributed by atoms with Crippen molar-refractivity contribution in [2.75, 3.05) is 18.8 Å². The summed E-state index contributed by atoms with van der Waals surface area (Å²) < 4.78 is 40.3. The van der Waals surface area contributed by atoms with Gasteiger partial charge >= 0.3 is 0 Å². The first-order valence-electron chi connectivity index (χ1n) is 6.98. The van der Waals surface area contributed by atoms with Gasteiger partial charge in [-0.05, 0) is 31.0 Å². The van der Waals surface area contributed by atoms with Crippen molar-refractivity contribution in [3.8, 4) is 0 Å². The third-order valence-corrected chi connectivity index (χ3v) is 5.03. The van der Waals surface area contributed by atoms with Crippen LogP contribution in [-0.2, 0) is 10.0 Å². The van der Waals surface area contributed by atoms with Gasteiger partial charge in [-0.2, -0.15) is 4.31 Å². The fourth-order valence-corrected chi connectivity index (χ4v) is 3.45. The SMILES string of the molecule is CCCCN(CCCC)S(=O)(=O)c1ccc(N)cc1F. The summed E-state index contributed by atoms with van der Waals surface area (Å²) >= 11 is 0. The minimum Gasteiger partial charge on any atom is -0.399 e. The van der Waals surface area contributed by atoms with Gasteiger partial charge in [0.2, 0.25) is 10.0 Å². The number of sulfonamides is 1. The molecule has 0 radical (unpaired) electrons. The van der Waals surface area contributed by atoms with Crippen LogP contribution in [-0.4, -0.2) is 25.8 Å². The van der Waals surface area contributed by atoms with Crippen LogP contribution < -0.4 is 5.73 Å². The molecule has 20 heavy (non-hydrogen) atoms. The minimum atomic E-state index is -3.79. The fraction of sp³-hybridized carbons (Fsp3) is 0.571. The number of anilines is 1. The van der Waals surface area contributed by atoms with E-state index >= 15 is 0 Å². The van der Waals surface area contributed by atoms with E-state index in [1.165, 1.54) is 16.4 Å². The lowest BCUT2D eigenvalue weighted by Crippen LogP contribution is -2.33. The van der Waals surface area contributed by atoms with Gasteiger partial charge in [0, 0.05) is 18.8 Å². The molecule has 0 aromatic heterocycles. The number of rotatable bonds is 8. The number of nitrogens with two attached hydrogens (primary N) is 1. The summed E-state index contributed by atoms with van der Waals surface area (Å²) in [5.74, 6) is -0.789. The van der Waals surface area contributed by atoms with Crippen molar-refractivity contribution in [3.05, 3.63) is 24.0 Å². The van der Waals surface area contributed by atoms with Gasteiger partial charge in [0.1, 0.15) is 10.7 Å². The lowest BCUT2D eigenvalue weighted by Gasteiger charge is -2.22. The lowest BCUT2D eigenvalue weighted by atomic mass is 10.3. The van der Waals surface area contributed by atoms with Crippen molar-refractivity contribution in [2.45, 2.75) is 44.4 Å². The van der Waals surface area contributed by atoms with Crippen LogP contribution in [0.5, 0.6) is 0 Å². The van der Waals surface area contributed by atoms with Gasteiger partial charge in [-0.25, -0.2) is 12.8 Å². The Labute approximate surface area is 120 Å². The molecule has 0 aliphatic heterocycles. The standard InChI is InChI=1S/C14H23FN2O2S/c1-3-5-9-17(10-6-4-2)20(18,19)14-8-7-12(16)11-13(14)15/h7-8,11H,3-6,9-10,16H2,1-2H3. The fourth-order valence-electron chi connectivity index (χ4n) is 1.89. The molecule has 0 saturated heterocycles. The van der Waals surface area contributed by atoms with Gasteiger partial charge in [-0.1, -0.05) is 26.7 Å². The highest BCUT2D eigenvalue weighted by molar-refractivity contribution is 7.89. The molecule has 4 nitrogen and oxygen atoms in total. The first-order valence-corrected chi connectivity index (χ1v) is 8.42. The third-order valence-electron chi connectivity index (χ3n) is 3.10. The molecular weight excluding hydrogens is 279 g/mol. The van der Waals surface area contributed by atoms with Crippen LogP contribution in [0.25, 0.3) is 0 Å². The highest BCUT2D eigenvalue weighted by Gasteiger charge is 2.26. The summed E-state index contributed by atoms with van der Waals surface area (Å²) in [5.41, 5.74) is 5.68. The summed E-state index contributed by atoms with van der Waals surface area (Å²) in [6, 6.07) is 3.70. The summed E-state index contributed by atoms with van der Waals surface area (Å²) in [5, 5.41) is 0. The number of halogens is 1. The van der Waals surface area contributed by atoms with Crippen molar-refractivity contribution < 1.29 is 12.8 Å². The number of nitrogen functional groups attached to an aromatic ring is 1. The van der Waals surface area contributed by atoms with Crippen molar-refractivity contribution >= 4 is 15.7 Å². The van der Waals surface area contributed by atoms with Gasteiger partial charge in [0.25, 0.3) is 0 Å². The Balaban J connectivity index is 3.07. The van der Waals surface area contributed by atoms with Crippen molar-refractivity contribution in [3.63, 3.8) is 0 Å². The van der Waals surface area contributed by atoms with E-state index in [9.17, 15) is 12.8 Å². The van der Waals surface area contributed by atoms with E-state index in [0.29, 0.717) is 13.1 Å². The maximum absolute atomic E-state index is 13.9. The number of nitrogens with zero attached hydrogens (tertiary/aromatic N) is 1. The Morgan fingerprint density at radius 1 is 1.15 bits per heavy atom. The second kappa shape index (κ2) is 7.59. The molecule has 0 unspecified atom stereocenters. The predicted octanol–water partition coefficient (Wildman–Crippen LogP) is 3.00. The zero-order chi connectivity index (χ0) is 15.2. The van der Waals surface area contributed by atoms with E-state index in [1.54, 1.807) is 0 Å².